The molecule has 0 aromatic rings. The fourth-order valence-electron chi connectivity index (χ4n) is 3.66. The Hall–Kier alpha value is -1.10. The molecule has 2 aliphatic carbocycles. The topological polar surface area (TPSA) is 55.6 Å². The second-order valence-corrected chi connectivity index (χ2v) is 5.63. The van der Waals surface area contributed by atoms with Crippen molar-refractivity contribution in [3.63, 3.8) is 0 Å². The smallest absolute Gasteiger partial charge is 0.320 e. The highest BCUT2D eigenvalue weighted by Crippen LogP contribution is 2.55. The second kappa shape index (κ2) is 3.22. The molecule has 0 radical (unpaired) electrons. The number of carbonyl (C=O) groups is 2. The standard InChI is InChI=1S/C12H15NO4/c14-9(5-13-1-2-13)16-10-6-3-7-8(4-6)12(15)17-11(7)10/h6-8,10-11H,1-5H2. The third-order valence-corrected chi connectivity index (χ3v) is 4.57. The SMILES string of the molecule is O=C(CN1CC1)OC1C2CC3C(=O)OC1C3C2. The van der Waals surface area contributed by atoms with Crippen molar-refractivity contribution in [2.75, 3.05) is 19.6 Å². The lowest BCUT2D eigenvalue weighted by Gasteiger charge is -2.25. The number of fused-ring (bicyclic) bond motifs is 1. The Morgan fingerprint density at radius 2 is 2.24 bits per heavy atom. The Morgan fingerprint density at radius 1 is 1.41 bits per heavy atom. The van der Waals surface area contributed by atoms with Gasteiger partial charge in [-0.15, -0.1) is 0 Å². The van der Waals surface area contributed by atoms with Gasteiger partial charge in [0.15, 0.2) is 0 Å². The molecule has 2 bridgehead atoms. The third kappa shape index (κ3) is 1.41. The maximum atomic E-state index is 11.7. The van der Waals surface area contributed by atoms with E-state index in [0.29, 0.717) is 18.4 Å². The first-order valence-electron chi connectivity index (χ1n) is 6.35. The van der Waals surface area contributed by atoms with Gasteiger partial charge in [0.05, 0.1) is 12.5 Å². The van der Waals surface area contributed by atoms with E-state index in [1.165, 1.54) is 0 Å². The zero-order valence-electron chi connectivity index (χ0n) is 9.50. The molecule has 5 heteroatoms. The summed E-state index contributed by atoms with van der Waals surface area (Å²) in [5.74, 6) is 0.504. The van der Waals surface area contributed by atoms with E-state index in [4.69, 9.17) is 9.47 Å². The van der Waals surface area contributed by atoms with Gasteiger partial charge in [-0.05, 0) is 12.8 Å². The number of nitrogens with zero attached hydrogens (tertiary/aromatic N) is 1. The van der Waals surface area contributed by atoms with Gasteiger partial charge in [0.25, 0.3) is 0 Å². The summed E-state index contributed by atoms with van der Waals surface area (Å²) < 4.78 is 10.9. The number of hydrogen-bond acceptors (Lipinski definition) is 5. The van der Waals surface area contributed by atoms with Gasteiger partial charge in [-0.25, -0.2) is 0 Å². The summed E-state index contributed by atoms with van der Waals surface area (Å²) in [4.78, 5) is 25.2. The lowest BCUT2D eigenvalue weighted by molar-refractivity contribution is -0.161. The molecule has 2 aliphatic heterocycles. The molecule has 0 spiro atoms. The van der Waals surface area contributed by atoms with Crippen molar-refractivity contribution in [1.29, 1.82) is 0 Å². The molecular formula is C12H15NO4. The third-order valence-electron chi connectivity index (χ3n) is 4.57. The van der Waals surface area contributed by atoms with Crippen LogP contribution in [0.3, 0.4) is 0 Å². The van der Waals surface area contributed by atoms with Gasteiger partial charge in [0, 0.05) is 24.9 Å². The predicted octanol–water partition coefficient (Wildman–Crippen LogP) is -0.205. The highest BCUT2D eigenvalue weighted by molar-refractivity contribution is 5.77. The fraction of sp³-hybridized carbons (Fsp3) is 0.833. The first-order valence-corrected chi connectivity index (χ1v) is 6.35. The summed E-state index contributed by atoms with van der Waals surface area (Å²) in [7, 11) is 0. The lowest BCUT2D eigenvalue weighted by atomic mass is 9.88. The molecule has 5 atom stereocenters. The van der Waals surface area contributed by atoms with Crippen molar-refractivity contribution in [3.8, 4) is 0 Å². The zero-order chi connectivity index (χ0) is 11.6. The predicted molar refractivity (Wildman–Crippen MR) is 55.9 cm³/mol. The van der Waals surface area contributed by atoms with Crippen LogP contribution < -0.4 is 0 Å². The molecule has 2 saturated carbocycles. The van der Waals surface area contributed by atoms with Crippen LogP contribution in [0.5, 0.6) is 0 Å². The van der Waals surface area contributed by atoms with Crippen LogP contribution in [0.25, 0.3) is 0 Å². The van der Waals surface area contributed by atoms with Crippen LogP contribution in [-0.4, -0.2) is 48.7 Å². The van der Waals surface area contributed by atoms with Crippen molar-refractivity contribution in [2.24, 2.45) is 17.8 Å². The maximum Gasteiger partial charge on any atom is 0.320 e. The summed E-state index contributed by atoms with van der Waals surface area (Å²) in [5.41, 5.74) is 0. The number of rotatable bonds is 3. The van der Waals surface area contributed by atoms with Crippen molar-refractivity contribution in [2.45, 2.75) is 25.0 Å². The summed E-state index contributed by atoms with van der Waals surface area (Å²) in [5, 5.41) is 0. The average Bonchev–Trinajstić information content (AvgIpc) is 2.83. The minimum Gasteiger partial charge on any atom is -0.458 e. The van der Waals surface area contributed by atoms with Crippen LogP contribution >= 0.6 is 0 Å². The summed E-state index contributed by atoms with van der Waals surface area (Å²) in [6.07, 6.45) is 1.52. The quantitative estimate of drug-likeness (QED) is 0.502. The van der Waals surface area contributed by atoms with Gasteiger partial charge in [-0.1, -0.05) is 0 Å². The zero-order valence-corrected chi connectivity index (χ0v) is 9.50. The molecule has 4 rings (SSSR count). The molecular weight excluding hydrogens is 222 g/mol. The first-order chi connectivity index (χ1) is 8.22. The van der Waals surface area contributed by atoms with Crippen molar-refractivity contribution in [1.82, 2.24) is 4.90 Å². The van der Waals surface area contributed by atoms with Gasteiger partial charge in [-0.2, -0.15) is 0 Å². The van der Waals surface area contributed by atoms with E-state index in [-0.39, 0.29) is 30.1 Å². The molecule has 5 unspecified atom stereocenters. The number of carbonyl (C=O) groups excluding carboxylic acids is 2. The van der Waals surface area contributed by atoms with E-state index in [1.807, 2.05) is 4.90 Å². The molecule has 0 aromatic carbocycles. The van der Waals surface area contributed by atoms with Gasteiger partial charge >= 0.3 is 11.9 Å². The number of hydrogen-bond donors (Lipinski definition) is 0. The molecule has 2 heterocycles. The first kappa shape index (κ1) is 9.88. The van der Waals surface area contributed by atoms with E-state index in [1.54, 1.807) is 0 Å². The Balaban J connectivity index is 1.45. The molecule has 4 aliphatic rings. The highest BCUT2D eigenvalue weighted by atomic mass is 16.6. The van der Waals surface area contributed by atoms with Crippen LogP contribution in [0.15, 0.2) is 0 Å². The van der Waals surface area contributed by atoms with Crippen molar-refractivity contribution in [3.05, 3.63) is 0 Å². The fourth-order valence-corrected chi connectivity index (χ4v) is 3.66. The number of ether oxygens (including phenoxy) is 2. The molecule has 2 saturated heterocycles. The van der Waals surface area contributed by atoms with Crippen LogP contribution in [0.2, 0.25) is 0 Å². The Labute approximate surface area is 99.0 Å². The van der Waals surface area contributed by atoms with Crippen molar-refractivity contribution >= 4 is 11.9 Å². The molecule has 17 heavy (non-hydrogen) atoms. The summed E-state index contributed by atoms with van der Waals surface area (Å²) in [6, 6.07) is 0. The van der Waals surface area contributed by atoms with Crippen LogP contribution in [0.4, 0.5) is 0 Å². The van der Waals surface area contributed by atoms with E-state index < -0.39 is 0 Å². The van der Waals surface area contributed by atoms with Crippen molar-refractivity contribution < 1.29 is 19.1 Å². The largest absolute Gasteiger partial charge is 0.458 e. The van der Waals surface area contributed by atoms with Gasteiger partial charge < -0.3 is 9.47 Å². The van der Waals surface area contributed by atoms with Gasteiger partial charge in [0.1, 0.15) is 12.2 Å². The Morgan fingerprint density at radius 3 is 3.00 bits per heavy atom. The van der Waals surface area contributed by atoms with Crippen LogP contribution in [0.1, 0.15) is 12.8 Å². The normalized spacial score (nSPS) is 46.1. The summed E-state index contributed by atoms with van der Waals surface area (Å²) >= 11 is 0. The maximum absolute atomic E-state index is 11.7. The van der Waals surface area contributed by atoms with Gasteiger partial charge in [0.2, 0.25) is 0 Å². The molecule has 0 N–H and O–H groups in total. The minimum absolute atomic E-state index is 0.0769. The Kier molecular flexibility index (Phi) is 1.87. The average molecular weight is 237 g/mol. The summed E-state index contributed by atoms with van der Waals surface area (Å²) in [6.45, 7) is 2.37. The second-order valence-electron chi connectivity index (χ2n) is 5.63. The molecule has 0 amide bonds. The molecule has 5 nitrogen and oxygen atoms in total. The van der Waals surface area contributed by atoms with E-state index in [2.05, 4.69) is 0 Å². The molecule has 92 valence electrons. The van der Waals surface area contributed by atoms with E-state index in [9.17, 15) is 9.59 Å². The van der Waals surface area contributed by atoms with Crippen LogP contribution in [-0.2, 0) is 19.1 Å². The Bertz CT molecular complexity index is 392. The van der Waals surface area contributed by atoms with E-state index in [0.717, 1.165) is 25.9 Å². The lowest BCUT2D eigenvalue weighted by Crippen LogP contribution is -2.37. The molecule has 4 fully saturated rings. The van der Waals surface area contributed by atoms with E-state index >= 15 is 0 Å². The minimum atomic E-state index is -0.171. The number of esters is 2. The highest BCUT2D eigenvalue weighted by Gasteiger charge is 2.63. The molecule has 0 aromatic heterocycles. The van der Waals surface area contributed by atoms with Gasteiger partial charge in [-0.3, -0.25) is 14.5 Å². The monoisotopic (exact) mass is 237 g/mol. The van der Waals surface area contributed by atoms with Crippen LogP contribution in [0, 0.1) is 17.8 Å².